The minimum absolute atomic E-state index is 0.0267. The van der Waals surface area contributed by atoms with E-state index in [4.69, 9.17) is 9.72 Å². The van der Waals surface area contributed by atoms with E-state index in [1.165, 1.54) is 12.8 Å². The lowest BCUT2D eigenvalue weighted by atomic mass is 9.99. The quantitative estimate of drug-likeness (QED) is 0.593. The molecule has 1 aliphatic heterocycles. The molecule has 0 bridgehead atoms. The van der Waals surface area contributed by atoms with E-state index in [1.54, 1.807) is 0 Å². The van der Waals surface area contributed by atoms with Gasteiger partial charge in [-0.3, -0.25) is 9.69 Å². The Kier molecular flexibility index (Phi) is 6.56. The Labute approximate surface area is 184 Å². The number of benzene rings is 2. The zero-order chi connectivity index (χ0) is 21.8. The van der Waals surface area contributed by atoms with Crippen LogP contribution in [0.15, 0.2) is 48.5 Å². The SMILES string of the molecule is CC1CCN(Cc2nc3cc(NC(=O)COc4ccccc4)ccc3n2C(C)C)CC1. The van der Waals surface area contributed by atoms with Crippen molar-refractivity contribution in [3.8, 4) is 5.75 Å². The second-order valence-electron chi connectivity index (χ2n) is 8.80. The molecule has 0 saturated carbocycles. The molecule has 3 aromatic rings. The van der Waals surface area contributed by atoms with Crippen LogP contribution < -0.4 is 10.1 Å². The first-order valence-electron chi connectivity index (χ1n) is 11.2. The predicted molar refractivity (Wildman–Crippen MR) is 124 cm³/mol. The average molecular weight is 421 g/mol. The standard InChI is InChI=1S/C25H32N4O2/c1-18(2)29-23-10-9-20(26-25(30)17-31-21-7-5-4-6-8-21)15-22(23)27-24(29)16-28-13-11-19(3)12-14-28/h4-10,15,18-19H,11-14,16-17H2,1-3H3,(H,26,30). The average Bonchev–Trinajstić information content (AvgIpc) is 3.12. The molecule has 0 atom stereocenters. The highest BCUT2D eigenvalue weighted by Crippen LogP contribution is 2.26. The Balaban J connectivity index is 1.47. The molecule has 1 aliphatic rings. The Morgan fingerprint density at radius 3 is 2.61 bits per heavy atom. The number of imidazole rings is 1. The van der Waals surface area contributed by atoms with Crippen molar-refractivity contribution in [2.75, 3.05) is 25.0 Å². The summed E-state index contributed by atoms with van der Waals surface area (Å²) in [5.41, 5.74) is 2.76. The number of anilines is 1. The van der Waals surface area contributed by atoms with Gasteiger partial charge >= 0.3 is 0 Å². The normalized spacial score (nSPS) is 15.5. The second kappa shape index (κ2) is 9.52. The third kappa shape index (κ3) is 5.25. The Bertz CT molecular complexity index is 1020. The highest BCUT2D eigenvalue weighted by atomic mass is 16.5. The number of para-hydroxylation sites is 1. The zero-order valence-corrected chi connectivity index (χ0v) is 18.7. The van der Waals surface area contributed by atoms with Crippen LogP contribution in [0, 0.1) is 5.92 Å². The fourth-order valence-electron chi connectivity index (χ4n) is 4.20. The number of likely N-dealkylation sites (tertiary alicyclic amines) is 1. The summed E-state index contributed by atoms with van der Waals surface area (Å²) in [6.07, 6.45) is 2.51. The van der Waals surface area contributed by atoms with Gasteiger partial charge in [-0.25, -0.2) is 4.98 Å². The number of hydrogen-bond acceptors (Lipinski definition) is 4. The fourth-order valence-corrected chi connectivity index (χ4v) is 4.20. The number of nitrogens with zero attached hydrogens (tertiary/aromatic N) is 3. The Hall–Kier alpha value is -2.86. The molecule has 0 unspecified atom stereocenters. The van der Waals surface area contributed by atoms with Crippen molar-refractivity contribution in [3.05, 3.63) is 54.4 Å². The number of rotatable bonds is 7. The largest absolute Gasteiger partial charge is 0.484 e. The van der Waals surface area contributed by atoms with Gasteiger partial charge in [0.1, 0.15) is 11.6 Å². The van der Waals surface area contributed by atoms with Crippen molar-refractivity contribution < 1.29 is 9.53 Å². The first kappa shape index (κ1) is 21.4. The molecular weight excluding hydrogens is 388 g/mol. The Morgan fingerprint density at radius 1 is 1.16 bits per heavy atom. The van der Waals surface area contributed by atoms with Crippen molar-refractivity contribution in [2.45, 2.75) is 46.2 Å². The third-order valence-electron chi connectivity index (χ3n) is 5.92. The lowest BCUT2D eigenvalue weighted by Gasteiger charge is -2.30. The summed E-state index contributed by atoms with van der Waals surface area (Å²) in [5, 5.41) is 2.92. The number of ether oxygens (including phenoxy) is 1. The maximum atomic E-state index is 12.3. The van der Waals surface area contributed by atoms with Gasteiger partial charge in [-0.15, -0.1) is 0 Å². The molecule has 2 heterocycles. The summed E-state index contributed by atoms with van der Waals surface area (Å²) in [6.45, 7) is 9.82. The van der Waals surface area contributed by atoms with Gasteiger partial charge < -0.3 is 14.6 Å². The van der Waals surface area contributed by atoms with Crippen LogP contribution in [0.4, 0.5) is 5.69 Å². The minimum Gasteiger partial charge on any atom is -0.484 e. The van der Waals surface area contributed by atoms with Crippen molar-refractivity contribution in [1.82, 2.24) is 14.5 Å². The number of nitrogens with one attached hydrogen (secondary N) is 1. The lowest BCUT2D eigenvalue weighted by molar-refractivity contribution is -0.118. The maximum absolute atomic E-state index is 12.3. The molecule has 1 saturated heterocycles. The topological polar surface area (TPSA) is 59.4 Å². The van der Waals surface area contributed by atoms with Crippen LogP contribution in [-0.4, -0.2) is 40.1 Å². The minimum atomic E-state index is -0.186. The molecule has 2 aromatic carbocycles. The number of carbonyl (C=O) groups is 1. The van der Waals surface area contributed by atoms with Gasteiger partial charge in [-0.05, 0) is 76.0 Å². The van der Waals surface area contributed by atoms with Gasteiger partial charge in [0.15, 0.2) is 6.61 Å². The van der Waals surface area contributed by atoms with Gasteiger partial charge in [0.2, 0.25) is 0 Å². The molecule has 1 aromatic heterocycles. The molecule has 6 heteroatoms. The first-order valence-corrected chi connectivity index (χ1v) is 11.2. The van der Waals surface area contributed by atoms with E-state index in [0.717, 1.165) is 48.1 Å². The van der Waals surface area contributed by atoms with E-state index in [-0.39, 0.29) is 12.5 Å². The molecular formula is C25H32N4O2. The zero-order valence-electron chi connectivity index (χ0n) is 18.7. The van der Waals surface area contributed by atoms with Crippen molar-refractivity contribution >= 4 is 22.6 Å². The number of piperidine rings is 1. The highest BCUT2D eigenvalue weighted by molar-refractivity contribution is 5.94. The predicted octanol–water partition coefficient (Wildman–Crippen LogP) is 4.87. The number of amides is 1. The van der Waals surface area contributed by atoms with Crippen LogP contribution >= 0.6 is 0 Å². The van der Waals surface area contributed by atoms with Gasteiger partial charge in [0, 0.05) is 11.7 Å². The summed E-state index contributed by atoms with van der Waals surface area (Å²) in [7, 11) is 0. The smallest absolute Gasteiger partial charge is 0.262 e. The van der Waals surface area contributed by atoms with E-state index in [2.05, 4.69) is 41.6 Å². The van der Waals surface area contributed by atoms with Crippen LogP contribution in [0.5, 0.6) is 5.75 Å². The van der Waals surface area contributed by atoms with E-state index < -0.39 is 0 Å². The summed E-state index contributed by atoms with van der Waals surface area (Å²) in [6, 6.07) is 15.6. The summed E-state index contributed by atoms with van der Waals surface area (Å²) >= 11 is 0. The molecule has 6 nitrogen and oxygen atoms in total. The van der Waals surface area contributed by atoms with Crippen LogP contribution in [0.3, 0.4) is 0 Å². The van der Waals surface area contributed by atoms with E-state index in [1.807, 2.05) is 42.5 Å². The van der Waals surface area contributed by atoms with Crippen molar-refractivity contribution in [1.29, 1.82) is 0 Å². The molecule has 0 aliphatic carbocycles. The van der Waals surface area contributed by atoms with Gasteiger partial charge in [-0.1, -0.05) is 25.1 Å². The molecule has 31 heavy (non-hydrogen) atoms. The van der Waals surface area contributed by atoms with E-state index in [9.17, 15) is 4.79 Å². The van der Waals surface area contributed by atoms with E-state index in [0.29, 0.717) is 11.8 Å². The molecule has 164 valence electrons. The van der Waals surface area contributed by atoms with Crippen LogP contribution in [0.2, 0.25) is 0 Å². The monoisotopic (exact) mass is 420 g/mol. The van der Waals surface area contributed by atoms with Gasteiger partial charge in [-0.2, -0.15) is 0 Å². The number of carbonyl (C=O) groups excluding carboxylic acids is 1. The van der Waals surface area contributed by atoms with Crippen molar-refractivity contribution in [3.63, 3.8) is 0 Å². The number of fused-ring (bicyclic) bond motifs is 1. The second-order valence-corrected chi connectivity index (χ2v) is 8.80. The fraction of sp³-hybridized carbons (Fsp3) is 0.440. The highest BCUT2D eigenvalue weighted by Gasteiger charge is 2.20. The summed E-state index contributed by atoms with van der Waals surface area (Å²) in [5.74, 6) is 2.40. The molecule has 1 fully saturated rings. The van der Waals surface area contributed by atoms with Crippen LogP contribution in [0.1, 0.15) is 45.5 Å². The number of aromatic nitrogens is 2. The molecule has 0 spiro atoms. The number of hydrogen-bond donors (Lipinski definition) is 1. The van der Waals surface area contributed by atoms with E-state index >= 15 is 0 Å². The lowest BCUT2D eigenvalue weighted by Crippen LogP contribution is -2.33. The summed E-state index contributed by atoms with van der Waals surface area (Å²) < 4.78 is 7.85. The van der Waals surface area contributed by atoms with Gasteiger partial charge in [0.05, 0.1) is 17.6 Å². The van der Waals surface area contributed by atoms with Crippen molar-refractivity contribution in [2.24, 2.45) is 5.92 Å². The third-order valence-corrected chi connectivity index (χ3v) is 5.92. The first-order chi connectivity index (χ1) is 15.0. The molecule has 4 rings (SSSR count). The Morgan fingerprint density at radius 2 is 1.90 bits per heavy atom. The maximum Gasteiger partial charge on any atom is 0.262 e. The van der Waals surface area contributed by atoms with Gasteiger partial charge in [0.25, 0.3) is 5.91 Å². The van der Waals surface area contributed by atoms with Crippen LogP contribution in [-0.2, 0) is 11.3 Å². The van der Waals surface area contributed by atoms with Crippen LogP contribution in [0.25, 0.3) is 11.0 Å². The molecule has 1 N–H and O–H groups in total. The molecule has 1 amide bonds. The summed E-state index contributed by atoms with van der Waals surface area (Å²) in [4.78, 5) is 19.8. The molecule has 0 radical (unpaired) electrons.